The number of carbonyl (C=O) groups is 2. The fourth-order valence-corrected chi connectivity index (χ4v) is 3.90. The number of hydrogen-bond donors (Lipinski definition) is 0. The minimum atomic E-state index is 0.0200. The van der Waals surface area contributed by atoms with Gasteiger partial charge in [-0.2, -0.15) is 5.10 Å². The van der Waals surface area contributed by atoms with Gasteiger partial charge in [0.05, 0.1) is 17.5 Å². The molecule has 0 radical (unpaired) electrons. The lowest BCUT2D eigenvalue weighted by molar-refractivity contribution is 0.0710. The van der Waals surface area contributed by atoms with Crippen LogP contribution < -0.4 is 0 Å². The van der Waals surface area contributed by atoms with Gasteiger partial charge >= 0.3 is 0 Å². The molecule has 4 heterocycles. The fourth-order valence-electron chi connectivity index (χ4n) is 3.90. The molecular weight excluding hydrogens is 332 g/mol. The smallest absolute Gasteiger partial charge is 0.272 e. The molecule has 2 aliphatic heterocycles. The van der Waals surface area contributed by atoms with Gasteiger partial charge in [-0.05, 0) is 38.3 Å². The van der Waals surface area contributed by atoms with Gasteiger partial charge in [-0.15, -0.1) is 0 Å². The first-order valence-electron chi connectivity index (χ1n) is 9.36. The van der Waals surface area contributed by atoms with E-state index in [9.17, 15) is 9.59 Å². The van der Waals surface area contributed by atoms with Crippen molar-refractivity contribution in [3.05, 3.63) is 41.6 Å². The van der Waals surface area contributed by atoms with Crippen molar-refractivity contribution >= 4 is 11.8 Å². The molecule has 0 spiro atoms. The number of likely N-dealkylation sites (tertiary alicyclic amines) is 1. The minimum Gasteiger partial charge on any atom is -0.472 e. The summed E-state index contributed by atoms with van der Waals surface area (Å²) in [6.45, 7) is 5.72. The molecule has 2 aromatic rings. The summed E-state index contributed by atoms with van der Waals surface area (Å²) in [7, 11) is 0. The van der Waals surface area contributed by atoms with Crippen molar-refractivity contribution in [2.24, 2.45) is 0 Å². The van der Waals surface area contributed by atoms with Crippen molar-refractivity contribution in [2.45, 2.75) is 38.6 Å². The Kier molecular flexibility index (Phi) is 4.53. The zero-order valence-electron chi connectivity index (χ0n) is 15.1. The zero-order chi connectivity index (χ0) is 18.1. The van der Waals surface area contributed by atoms with Crippen molar-refractivity contribution in [2.75, 3.05) is 26.2 Å². The van der Waals surface area contributed by atoms with Crippen LogP contribution in [0.5, 0.6) is 0 Å². The van der Waals surface area contributed by atoms with Gasteiger partial charge in [0, 0.05) is 38.6 Å². The molecule has 26 heavy (non-hydrogen) atoms. The van der Waals surface area contributed by atoms with Gasteiger partial charge < -0.3 is 14.2 Å². The van der Waals surface area contributed by atoms with Gasteiger partial charge in [0.2, 0.25) is 0 Å². The maximum Gasteiger partial charge on any atom is 0.272 e. The highest BCUT2D eigenvalue weighted by atomic mass is 16.3. The van der Waals surface area contributed by atoms with Crippen molar-refractivity contribution < 1.29 is 14.0 Å². The normalized spacial score (nSPS) is 18.7. The Balaban J connectivity index is 1.45. The third-order valence-electron chi connectivity index (χ3n) is 5.45. The molecule has 1 fully saturated rings. The number of aromatic nitrogens is 2. The summed E-state index contributed by atoms with van der Waals surface area (Å²) in [5.41, 5.74) is 2.29. The van der Waals surface area contributed by atoms with Crippen LogP contribution in [0.2, 0.25) is 0 Å². The molecule has 0 unspecified atom stereocenters. The lowest BCUT2D eigenvalue weighted by atomic mass is 9.93. The topological polar surface area (TPSA) is 71.6 Å². The molecule has 0 aromatic carbocycles. The highest BCUT2D eigenvalue weighted by molar-refractivity contribution is 5.94. The van der Waals surface area contributed by atoms with Gasteiger partial charge in [-0.1, -0.05) is 0 Å². The second-order valence-corrected chi connectivity index (χ2v) is 6.99. The summed E-state index contributed by atoms with van der Waals surface area (Å²) < 4.78 is 6.88. The van der Waals surface area contributed by atoms with Crippen molar-refractivity contribution in [1.29, 1.82) is 0 Å². The van der Waals surface area contributed by atoms with E-state index in [1.165, 1.54) is 12.5 Å². The van der Waals surface area contributed by atoms with E-state index in [-0.39, 0.29) is 11.8 Å². The van der Waals surface area contributed by atoms with Crippen LogP contribution in [0.25, 0.3) is 0 Å². The summed E-state index contributed by atoms with van der Waals surface area (Å²) in [6.07, 6.45) is 5.68. The first-order valence-corrected chi connectivity index (χ1v) is 9.36. The summed E-state index contributed by atoms with van der Waals surface area (Å²) in [4.78, 5) is 28.8. The van der Waals surface area contributed by atoms with Gasteiger partial charge in [0.1, 0.15) is 12.0 Å². The average Bonchev–Trinajstić information content (AvgIpc) is 3.32. The van der Waals surface area contributed by atoms with Gasteiger partial charge in [-0.25, -0.2) is 0 Å². The summed E-state index contributed by atoms with van der Waals surface area (Å²) in [6, 6.07) is 3.67. The molecule has 0 aliphatic carbocycles. The minimum absolute atomic E-state index is 0.0200. The number of hydrogen-bond acceptors (Lipinski definition) is 4. The Morgan fingerprint density at radius 3 is 2.77 bits per heavy atom. The van der Waals surface area contributed by atoms with E-state index in [1.807, 2.05) is 27.5 Å². The van der Waals surface area contributed by atoms with E-state index in [1.54, 1.807) is 6.07 Å². The van der Waals surface area contributed by atoms with E-state index in [0.717, 1.165) is 44.6 Å². The molecule has 2 aromatic heterocycles. The molecular formula is C19H24N4O3. The van der Waals surface area contributed by atoms with E-state index in [4.69, 9.17) is 9.52 Å². The lowest BCUT2D eigenvalue weighted by Gasteiger charge is -2.31. The zero-order valence-corrected chi connectivity index (χ0v) is 15.1. The summed E-state index contributed by atoms with van der Waals surface area (Å²) in [5.74, 6) is 0.397. The molecule has 0 N–H and O–H groups in total. The highest BCUT2D eigenvalue weighted by Crippen LogP contribution is 2.29. The van der Waals surface area contributed by atoms with Crippen LogP contribution in [0.15, 0.2) is 29.1 Å². The first kappa shape index (κ1) is 16.9. The van der Waals surface area contributed by atoms with Crippen LogP contribution in [-0.2, 0) is 6.54 Å². The van der Waals surface area contributed by atoms with Crippen LogP contribution in [0.4, 0.5) is 0 Å². The van der Waals surface area contributed by atoms with Crippen molar-refractivity contribution in [3.8, 4) is 0 Å². The van der Waals surface area contributed by atoms with E-state index in [0.29, 0.717) is 30.3 Å². The van der Waals surface area contributed by atoms with Crippen LogP contribution in [0, 0.1) is 0 Å². The number of rotatable bonds is 3. The number of nitrogens with zero attached hydrogens (tertiary/aromatic N) is 4. The maximum atomic E-state index is 12.6. The Hall–Kier alpha value is -2.57. The first-order chi connectivity index (χ1) is 12.7. The van der Waals surface area contributed by atoms with Crippen molar-refractivity contribution in [1.82, 2.24) is 19.6 Å². The number of carbonyl (C=O) groups excluding carboxylic acids is 2. The Morgan fingerprint density at radius 2 is 2.08 bits per heavy atom. The SMILES string of the molecule is CCN1CCCn2nc(C3CCN(C(=O)c4ccoc4)CC3)cc2C1=O. The van der Waals surface area contributed by atoms with Crippen molar-refractivity contribution in [3.63, 3.8) is 0 Å². The molecule has 0 atom stereocenters. The van der Waals surface area contributed by atoms with Crippen LogP contribution in [0.3, 0.4) is 0 Å². The molecule has 0 saturated carbocycles. The third kappa shape index (κ3) is 3.02. The Bertz CT molecular complexity index is 788. The average molecular weight is 356 g/mol. The fraction of sp³-hybridized carbons (Fsp3) is 0.526. The summed E-state index contributed by atoms with van der Waals surface area (Å²) in [5, 5.41) is 4.72. The monoisotopic (exact) mass is 356 g/mol. The van der Waals surface area contributed by atoms with E-state index < -0.39 is 0 Å². The number of amides is 2. The molecule has 2 aliphatic rings. The quantitative estimate of drug-likeness (QED) is 0.846. The van der Waals surface area contributed by atoms with Gasteiger partial charge in [0.15, 0.2) is 0 Å². The van der Waals surface area contributed by atoms with Crippen LogP contribution in [-0.4, -0.2) is 57.6 Å². The molecule has 4 rings (SSSR count). The Labute approximate surface area is 152 Å². The second-order valence-electron chi connectivity index (χ2n) is 6.99. The number of fused-ring (bicyclic) bond motifs is 1. The number of piperidine rings is 1. The standard InChI is InChI=1S/C19H24N4O3/c1-2-21-7-3-8-23-17(19(21)25)12-16(20-23)14-4-9-22(10-5-14)18(24)15-6-11-26-13-15/h6,11-14H,2-5,7-10H2,1H3. The van der Waals surface area contributed by atoms with Gasteiger partial charge in [0.25, 0.3) is 11.8 Å². The second kappa shape index (κ2) is 6.97. The molecule has 7 heteroatoms. The predicted octanol–water partition coefficient (Wildman–Crippen LogP) is 2.36. The lowest BCUT2D eigenvalue weighted by Crippen LogP contribution is -2.37. The molecule has 2 amide bonds. The van der Waals surface area contributed by atoms with Crippen LogP contribution in [0.1, 0.15) is 58.6 Å². The maximum absolute atomic E-state index is 12.6. The third-order valence-corrected chi connectivity index (χ3v) is 5.45. The number of furan rings is 1. The van der Waals surface area contributed by atoms with E-state index >= 15 is 0 Å². The highest BCUT2D eigenvalue weighted by Gasteiger charge is 2.29. The predicted molar refractivity (Wildman–Crippen MR) is 95.0 cm³/mol. The van der Waals surface area contributed by atoms with Crippen LogP contribution >= 0.6 is 0 Å². The molecule has 1 saturated heterocycles. The molecule has 138 valence electrons. The van der Waals surface area contributed by atoms with Gasteiger partial charge in [-0.3, -0.25) is 14.3 Å². The molecule has 0 bridgehead atoms. The number of aryl methyl sites for hydroxylation is 1. The largest absolute Gasteiger partial charge is 0.472 e. The summed E-state index contributed by atoms with van der Waals surface area (Å²) >= 11 is 0. The van der Waals surface area contributed by atoms with E-state index in [2.05, 4.69) is 0 Å². The Morgan fingerprint density at radius 1 is 1.27 bits per heavy atom. The molecule has 7 nitrogen and oxygen atoms in total.